The van der Waals surface area contributed by atoms with Crippen LogP contribution in [0.1, 0.15) is 31.6 Å². The number of nitrogens with zero attached hydrogens (tertiary/aromatic N) is 1. The summed E-state index contributed by atoms with van der Waals surface area (Å²) in [5, 5.41) is 9.87. The van der Waals surface area contributed by atoms with E-state index in [1.807, 2.05) is 13.1 Å². The maximum Gasteiger partial charge on any atom is 0.0794 e. The Morgan fingerprint density at radius 3 is 2.92 bits per heavy atom. The molecule has 1 aromatic heterocycles. The first kappa shape index (κ1) is 9.68. The lowest BCUT2D eigenvalue weighted by molar-refractivity contribution is 0.0513. The van der Waals surface area contributed by atoms with E-state index in [1.54, 1.807) is 16.8 Å². The molecule has 1 atom stereocenters. The molecule has 0 aromatic carbocycles. The maximum absolute atomic E-state index is 9.87. The van der Waals surface area contributed by atoms with Gasteiger partial charge in [-0.1, -0.05) is 13.3 Å². The molecule has 1 aromatic rings. The second-order valence-corrected chi connectivity index (χ2v) is 4.36. The van der Waals surface area contributed by atoms with Gasteiger partial charge in [0.2, 0.25) is 0 Å². The normalized spacial score (nSPS) is 15.9. The Labute approximate surface area is 77.3 Å². The molecule has 0 aliphatic carbocycles. The summed E-state index contributed by atoms with van der Waals surface area (Å²) < 4.78 is 0. The fraction of sp³-hybridized carbons (Fsp3) is 0.667. The van der Waals surface area contributed by atoms with Crippen LogP contribution >= 0.6 is 11.3 Å². The maximum atomic E-state index is 9.87. The number of thiazole rings is 1. The van der Waals surface area contributed by atoms with E-state index in [-0.39, 0.29) is 0 Å². The molecule has 1 N–H and O–H groups in total. The summed E-state index contributed by atoms with van der Waals surface area (Å²) in [5.74, 6) is 0. The highest BCUT2D eigenvalue weighted by Gasteiger charge is 2.19. The molecule has 3 heteroatoms. The van der Waals surface area contributed by atoms with Crippen molar-refractivity contribution in [1.29, 1.82) is 0 Å². The third-order valence-electron chi connectivity index (χ3n) is 1.83. The SMILES string of the molecule is CCCC(C)(O)Cc1cncs1. The molecule has 0 amide bonds. The smallest absolute Gasteiger partial charge is 0.0794 e. The zero-order valence-electron chi connectivity index (χ0n) is 7.58. The minimum absolute atomic E-state index is 0.554. The van der Waals surface area contributed by atoms with Crippen LogP contribution in [0.4, 0.5) is 0 Å². The minimum Gasteiger partial charge on any atom is -0.390 e. The van der Waals surface area contributed by atoms with Crippen LogP contribution in [0.3, 0.4) is 0 Å². The van der Waals surface area contributed by atoms with Crippen molar-refractivity contribution in [2.75, 3.05) is 0 Å². The van der Waals surface area contributed by atoms with Crippen molar-refractivity contribution in [3.63, 3.8) is 0 Å². The van der Waals surface area contributed by atoms with Gasteiger partial charge in [0.15, 0.2) is 0 Å². The molecule has 1 rings (SSSR count). The van der Waals surface area contributed by atoms with E-state index < -0.39 is 5.60 Å². The lowest BCUT2D eigenvalue weighted by Crippen LogP contribution is -2.26. The molecular weight excluding hydrogens is 170 g/mol. The van der Waals surface area contributed by atoms with Gasteiger partial charge in [0.1, 0.15) is 0 Å². The van der Waals surface area contributed by atoms with Crippen LogP contribution in [0.2, 0.25) is 0 Å². The Morgan fingerprint density at radius 1 is 1.67 bits per heavy atom. The van der Waals surface area contributed by atoms with Crippen LogP contribution in [-0.4, -0.2) is 15.7 Å². The second-order valence-electron chi connectivity index (χ2n) is 3.39. The van der Waals surface area contributed by atoms with E-state index in [0.29, 0.717) is 0 Å². The van der Waals surface area contributed by atoms with Gasteiger partial charge in [-0.2, -0.15) is 0 Å². The lowest BCUT2D eigenvalue weighted by atomic mass is 9.96. The predicted octanol–water partition coefficient (Wildman–Crippen LogP) is 2.24. The van der Waals surface area contributed by atoms with Crippen LogP contribution < -0.4 is 0 Å². The van der Waals surface area contributed by atoms with Gasteiger partial charge in [-0.25, -0.2) is 0 Å². The van der Waals surface area contributed by atoms with Gasteiger partial charge < -0.3 is 5.11 Å². The van der Waals surface area contributed by atoms with E-state index in [2.05, 4.69) is 11.9 Å². The Hall–Kier alpha value is -0.410. The molecular formula is C9H15NOS. The molecule has 0 radical (unpaired) electrons. The molecule has 0 fully saturated rings. The van der Waals surface area contributed by atoms with Crippen molar-refractivity contribution in [3.05, 3.63) is 16.6 Å². The summed E-state index contributed by atoms with van der Waals surface area (Å²) in [6.07, 6.45) is 4.43. The van der Waals surface area contributed by atoms with Crippen LogP contribution in [0, 0.1) is 0 Å². The molecule has 2 nitrogen and oxygen atoms in total. The van der Waals surface area contributed by atoms with Gasteiger partial charge in [0.25, 0.3) is 0 Å². The van der Waals surface area contributed by atoms with Gasteiger partial charge in [-0.05, 0) is 13.3 Å². The highest BCUT2D eigenvalue weighted by atomic mass is 32.1. The van der Waals surface area contributed by atoms with Gasteiger partial charge in [0, 0.05) is 17.5 Å². The average molecular weight is 185 g/mol. The van der Waals surface area contributed by atoms with E-state index in [1.165, 1.54) is 0 Å². The van der Waals surface area contributed by atoms with Crippen LogP contribution in [0.25, 0.3) is 0 Å². The van der Waals surface area contributed by atoms with E-state index in [0.717, 1.165) is 24.1 Å². The fourth-order valence-electron chi connectivity index (χ4n) is 1.33. The second kappa shape index (κ2) is 4.01. The number of hydrogen-bond acceptors (Lipinski definition) is 3. The number of rotatable bonds is 4. The Kier molecular flexibility index (Phi) is 3.23. The topological polar surface area (TPSA) is 33.1 Å². The van der Waals surface area contributed by atoms with Gasteiger partial charge >= 0.3 is 0 Å². The minimum atomic E-state index is -0.554. The van der Waals surface area contributed by atoms with Crippen LogP contribution in [0.15, 0.2) is 11.7 Å². The molecule has 1 unspecified atom stereocenters. The van der Waals surface area contributed by atoms with Crippen LogP contribution in [-0.2, 0) is 6.42 Å². The molecule has 12 heavy (non-hydrogen) atoms. The van der Waals surface area contributed by atoms with Crippen molar-refractivity contribution in [1.82, 2.24) is 4.98 Å². The van der Waals surface area contributed by atoms with Crippen molar-refractivity contribution in [3.8, 4) is 0 Å². The Morgan fingerprint density at radius 2 is 2.42 bits per heavy atom. The Bertz CT molecular complexity index is 218. The molecule has 1 heterocycles. The first-order chi connectivity index (χ1) is 5.64. The molecule has 0 aliphatic rings. The van der Waals surface area contributed by atoms with E-state index in [9.17, 15) is 5.11 Å². The van der Waals surface area contributed by atoms with E-state index in [4.69, 9.17) is 0 Å². The number of aromatic nitrogens is 1. The summed E-state index contributed by atoms with van der Waals surface area (Å²) in [6, 6.07) is 0. The highest BCUT2D eigenvalue weighted by Crippen LogP contribution is 2.20. The fourth-order valence-corrected chi connectivity index (χ4v) is 2.10. The van der Waals surface area contributed by atoms with E-state index >= 15 is 0 Å². The summed E-state index contributed by atoms with van der Waals surface area (Å²) in [6.45, 7) is 3.97. The first-order valence-electron chi connectivity index (χ1n) is 4.24. The first-order valence-corrected chi connectivity index (χ1v) is 5.12. The molecule has 0 saturated heterocycles. The number of hydrogen-bond donors (Lipinski definition) is 1. The summed E-state index contributed by atoms with van der Waals surface area (Å²) >= 11 is 1.60. The van der Waals surface area contributed by atoms with Crippen molar-refractivity contribution >= 4 is 11.3 Å². The van der Waals surface area contributed by atoms with Crippen molar-refractivity contribution < 1.29 is 5.11 Å². The van der Waals surface area contributed by atoms with Gasteiger partial charge in [-0.15, -0.1) is 11.3 Å². The quantitative estimate of drug-likeness (QED) is 0.780. The van der Waals surface area contributed by atoms with Crippen LogP contribution in [0.5, 0.6) is 0 Å². The molecule has 0 bridgehead atoms. The molecule has 0 spiro atoms. The number of aliphatic hydroxyl groups is 1. The van der Waals surface area contributed by atoms with Crippen molar-refractivity contribution in [2.45, 2.75) is 38.7 Å². The summed E-state index contributed by atoms with van der Waals surface area (Å²) in [7, 11) is 0. The molecule has 0 saturated carbocycles. The largest absolute Gasteiger partial charge is 0.390 e. The average Bonchev–Trinajstić information content (AvgIpc) is 2.38. The Balaban J connectivity index is 2.50. The third kappa shape index (κ3) is 2.91. The van der Waals surface area contributed by atoms with Gasteiger partial charge in [-0.3, -0.25) is 4.98 Å². The predicted molar refractivity (Wildman–Crippen MR) is 51.3 cm³/mol. The zero-order valence-corrected chi connectivity index (χ0v) is 8.40. The standard InChI is InChI=1S/C9H15NOS/c1-3-4-9(2,11)5-8-6-10-7-12-8/h6-7,11H,3-5H2,1-2H3. The van der Waals surface area contributed by atoms with Gasteiger partial charge in [0.05, 0.1) is 11.1 Å². The monoisotopic (exact) mass is 185 g/mol. The zero-order chi connectivity index (χ0) is 9.03. The summed E-state index contributed by atoms with van der Waals surface area (Å²) in [5.41, 5.74) is 1.25. The molecule has 68 valence electrons. The molecule has 0 aliphatic heterocycles. The summed E-state index contributed by atoms with van der Waals surface area (Å²) in [4.78, 5) is 5.13. The third-order valence-corrected chi connectivity index (χ3v) is 2.61. The lowest BCUT2D eigenvalue weighted by Gasteiger charge is -2.21. The van der Waals surface area contributed by atoms with Crippen molar-refractivity contribution in [2.24, 2.45) is 0 Å². The highest BCUT2D eigenvalue weighted by molar-refractivity contribution is 7.09.